The van der Waals surface area contributed by atoms with Crippen molar-refractivity contribution in [3.8, 4) is 0 Å². The van der Waals surface area contributed by atoms with Crippen LogP contribution >= 0.6 is 20.4 Å². The highest BCUT2D eigenvalue weighted by Gasteiger charge is 2.15. The van der Waals surface area contributed by atoms with Crippen LogP contribution in [0.1, 0.15) is 13.3 Å². The van der Waals surface area contributed by atoms with Gasteiger partial charge in [-0.3, -0.25) is 4.52 Å². The maximum absolute atomic E-state index is 9.81. The Hall–Kier alpha value is 0.370. The van der Waals surface area contributed by atoms with E-state index in [2.05, 4.69) is 4.52 Å². The van der Waals surface area contributed by atoms with Gasteiger partial charge in [-0.1, -0.05) is 0 Å². The van der Waals surface area contributed by atoms with Gasteiger partial charge in [0, 0.05) is 0 Å². The molecule has 0 saturated carbocycles. The Kier molecular flexibility index (Phi) is 5.27. The van der Waals surface area contributed by atoms with Gasteiger partial charge in [0.2, 0.25) is 0 Å². The molecule has 0 bridgehead atoms. The third-order valence-electron chi connectivity index (χ3n) is 1.21. The molecule has 0 aromatic heterocycles. The van der Waals surface area contributed by atoms with Gasteiger partial charge in [-0.05, 0) is 19.6 Å². The van der Waals surface area contributed by atoms with Crippen LogP contribution in [-0.4, -0.2) is 17.7 Å². The molecule has 60 valence electrons. The number of thioether (sulfide) groups is 1. The van der Waals surface area contributed by atoms with Gasteiger partial charge < -0.3 is 5.73 Å². The van der Waals surface area contributed by atoms with Crippen molar-refractivity contribution in [2.45, 2.75) is 18.2 Å². The molecule has 0 aliphatic rings. The third-order valence-corrected chi connectivity index (χ3v) is 2.63. The van der Waals surface area contributed by atoms with Crippen molar-refractivity contribution in [2.75, 3.05) is 12.9 Å². The fraction of sp³-hybridized carbons (Fsp3) is 1.00. The molecule has 0 heterocycles. The standard InChI is InChI=1S/C5H12NO2PS/c1-5(6,10-2)3-4-8-9-7/h3-4,6H2,1-2H3. The first kappa shape index (κ1) is 10.4. The molecule has 1 atom stereocenters. The molecule has 0 spiro atoms. The van der Waals surface area contributed by atoms with E-state index in [-0.39, 0.29) is 13.6 Å². The summed E-state index contributed by atoms with van der Waals surface area (Å²) >= 11 is 1.57. The van der Waals surface area contributed by atoms with E-state index in [0.717, 1.165) is 0 Å². The monoisotopic (exact) mass is 181 g/mol. The largest absolute Gasteiger partial charge is 0.327 e. The summed E-state index contributed by atoms with van der Waals surface area (Å²) in [7, 11) is -0.266. The first-order chi connectivity index (χ1) is 4.62. The van der Waals surface area contributed by atoms with Crippen molar-refractivity contribution >= 4 is 20.4 Å². The highest BCUT2D eigenvalue weighted by molar-refractivity contribution is 7.99. The van der Waals surface area contributed by atoms with Crippen molar-refractivity contribution < 1.29 is 9.09 Å². The first-order valence-corrected chi connectivity index (χ1v) is 4.86. The Morgan fingerprint density at radius 3 is 2.80 bits per heavy atom. The molecule has 0 saturated heterocycles. The minimum Gasteiger partial charge on any atom is -0.317 e. The van der Waals surface area contributed by atoms with Gasteiger partial charge in [0.25, 0.3) is 0 Å². The van der Waals surface area contributed by atoms with Gasteiger partial charge in [0.1, 0.15) is 0 Å². The highest BCUT2D eigenvalue weighted by Crippen LogP contribution is 2.19. The molecular formula is C5H12NO2PS. The van der Waals surface area contributed by atoms with Crippen LogP contribution in [0.3, 0.4) is 0 Å². The molecule has 0 aliphatic heterocycles. The molecule has 0 aliphatic carbocycles. The third kappa shape index (κ3) is 5.18. The van der Waals surface area contributed by atoms with Gasteiger partial charge in [0.15, 0.2) is 0 Å². The van der Waals surface area contributed by atoms with Crippen LogP contribution in [0.5, 0.6) is 0 Å². The summed E-state index contributed by atoms with van der Waals surface area (Å²) in [5.74, 6) is 0. The Morgan fingerprint density at radius 1 is 1.80 bits per heavy atom. The number of hydrogen-bond donors (Lipinski definition) is 1. The maximum atomic E-state index is 9.81. The van der Waals surface area contributed by atoms with Crippen LogP contribution < -0.4 is 5.73 Å². The van der Waals surface area contributed by atoms with Gasteiger partial charge in [0.05, 0.1) is 11.5 Å². The quantitative estimate of drug-likeness (QED) is 0.398. The van der Waals surface area contributed by atoms with Gasteiger partial charge >= 0.3 is 8.69 Å². The molecular weight excluding hydrogens is 169 g/mol. The normalized spacial score (nSPS) is 17.1. The SMILES string of the molecule is CSC(C)(N)CCOP=O. The average molecular weight is 181 g/mol. The number of nitrogens with two attached hydrogens (primary N) is 1. The molecule has 0 amide bonds. The van der Waals surface area contributed by atoms with Crippen LogP contribution in [-0.2, 0) is 9.09 Å². The Balaban J connectivity index is 3.36. The van der Waals surface area contributed by atoms with Crippen molar-refractivity contribution in [2.24, 2.45) is 5.73 Å². The van der Waals surface area contributed by atoms with E-state index in [4.69, 9.17) is 5.73 Å². The molecule has 0 rings (SSSR count). The number of rotatable bonds is 5. The summed E-state index contributed by atoms with van der Waals surface area (Å²) in [6, 6.07) is 0. The van der Waals surface area contributed by atoms with Gasteiger partial charge in [-0.2, -0.15) is 0 Å². The lowest BCUT2D eigenvalue weighted by molar-refractivity contribution is 0.318. The second kappa shape index (κ2) is 5.08. The molecule has 0 fully saturated rings. The molecule has 5 heteroatoms. The zero-order chi connectivity index (χ0) is 8.04. The Bertz CT molecular complexity index is 110. The summed E-state index contributed by atoms with van der Waals surface area (Å²) in [6.07, 6.45) is 2.65. The zero-order valence-corrected chi connectivity index (χ0v) is 7.87. The van der Waals surface area contributed by atoms with E-state index >= 15 is 0 Å². The second-order valence-corrected chi connectivity index (χ2v) is 3.92. The molecule has 1 unspecified atom stereocenters. The van der Waals surface area contributed by atoms with Crippen molar-refractivity contribution in [1.29, 1.82) is 0 Å². The van der Waals surface area contributed by atoms with Crippen molar-refractivity contribution in [1.82, 2.24) is 0 Å². The predicted octanol–water partition coefficient (Wildman–Crippen LogP) is 1.64. The molecule has 0 aromatic carbocycles. The van der Waals surface area contributed by atoms with Crippen LogP contribution in [0.25, 0.3) is 0 Å². The smallest absolute Gasteiger partial charge is 0.317 e. The van der Waals surface area contributed by atoms with Crippen LogP contribution in [0.15, 0.2) is 0 Å². The van der Waals surface area contributed by atoms with Gasteiger partial charge in [-0.15, -0.1) is 11.8 Å². The lowest BCUT2D eigenvalue weighted by atomic mass is 10.2. The summed E-state index contributed by atoms with van der Waals surface area (Å²) in [4.78, 5) is -0.259. The van der Waals surface area contributed by atoms with Crippen LogP contribution in [0.2, 0.25) is 0 Å². The Labute approximate surface area is 67.0 Å². The van der Waals surface area contributed by atoms with E-state index in [9.17, 15) is 4.57 Å². The minimum absolute atomic E-state index is 0.259. The van der Waals surface area contributed by atoms with Crippen molar-refractivity contribution in [3.63, 3.8) is 0 Å². The minimum atomic E-state index is -0.266. The summed E-state index contributed by atoms with van der Waals surface area (Å²) in [5.41, 5.74) is 5.73. The zero-order valence-electron chi connectivity index (χ0n) is 6.16. The molecule has 0 radical (unpaired) electrons. The summed E-state index contributed by atoms with van der Waals surface area (Å²) in [5, 5.41) is 0. The summed E-state index contributed by atoms with van der Waals surface area (Å²) in [6.45, 7) is 2.36. The first-order valence-electron chi connectivity index (χ1n) is 2.91. The van der Waals surface area contributed by atoms with E-state index in [1.165, 1.54) is 0 Å². The topological polar surface area (TPSA) is 52.3 Å². The molecule has 0 aromatic rings. The molecule has 10 heavy (non-hydrogen) atoms. The van der Waals surface area contributed by atoms with E-state index in [0.29, 0.717) is 13.0 Å². The fourth-order valence-corrected chi connectivity index (χ4v) is 0.841. The van der Waals surface area contributed by atoms with E-state index in [1.807, 2.05) is 13.2 Å². The van der Waals surface area contributed by atoms with E-state index < -0.39 is 0 Å². The molecule has 2 N–H and O–H groups in total. The number of hydrogen-bond acceptors (Lipinski definition) is 4. The van der Waals surface area contributed by atoms with Gasteiger partial charge in [-0.25, -0.2) is 4.57 Å². The van der Waals surface area contributed by atoms with Crippen LogP contribution in [0.4, 0.5) is 0 Å². The second-order valence-electron chi connectivity index (χ2n) is 2.17. The Morgan fingerprint density at radius 2 is 2.40 bits per heavy atom. The average Bonchev–Trinajstić information content (AvgIpc) is 1.89. The summed E-state index contributed by atoms with van der Waals surface area (Å²) < 4.78 is 14.4. The maximum Gasteiger partial charge on any atom is 0.327 e. The lowest BCUT2D eigenvalue weighted by Crippen LogP contribution is -2.32. The highest BCUT2D eigenvalue weighted by atomic mass is 32.2. The van der Waals surface area contributed by atoms with Crippen molar-refractivity contribution in [3.05, 3.63) is 0 Å². The fourth-order valence-electron chi connectivity index (χ4n) is 0.388. The lowest BCUT2D eigenvalue weighted by Gasteiger charge is -2.20. The predicted molar refractivity (Wildman–Crippen MR) is 44.3 cm³/mol. The van der Waals surface area contributed by atoms with Crippen LogP contribution in [0, 0.1) is 0 Å². The van der Waals surface area contributed by atoms with E-state index in [1.54, 1.807) is 11.8 Å². The molecule has 3 nitrogen and oxygen atoms in total.